The fourth-order valence-corrected chi connectivity index (χ4v) is 2.63. The second-order valence-electron chi connectivity index (χ2n) is 5.64. The van der Waals surface area contributed by atoms with Gasteiger partial charge in [0.25, 0.3) is 0 Å². The summed E-state index contributed by atoms with van der Waals surface area (Å²) >= 11 is 0. The fraction of sp³-hybridized carbons (Fsp3) is 0.300. The molecule has 1 aliphatic carbocycles. The zero-order valence-electron chi connectivity index (χ0n) is 13.6. The summed E-state index contributed by atoms with van der Waals surface area (Å²) in [7, 11) is 0. The molecule has 0 saturated carbocycles. The molecular weight excluding hydrogens is 288 g/mol. The number of allylic oxidation sites excluding steroid dienone is 3. The molecule has 120 valence electrons. The third kappa shape index (κ3) is 3.86. The van der Waals surface area contributed by atoms with Gasteiger partial charge in [-0.05, 0) is 24.5 Å². The molecule has 0 spiro atoms. The van der Waals surface area contributed by atoms with Crippen LogP contribution in [-0.4, -0.2) is 18.9 Å². The molecule has 0 heterocycles. The lowest BCUT2D eigenvalue weighted by Gasteiger charge is -2.25. The summed E-state index contributed by atoms with van der Waals surface area (Å²) in [5.74, 6) is -0.436. The molecule has 2 unspecified atom stereocenters. The predicted octanol–water partition coefficient (Wildman–Crippen LogP) is 4.07. The van der Waals surface area contributed by atoms with Crippen molar-refractivity contribution in [1.29, 1.82) is 0 Å². The van der Waals surface area contributed by atoms with Crippen molar-refractivity contribution >= 4 is 18.3 Å². The molecule has 23 heavy (non-hydrogen) atoms. The highest BCUT2D eigenvalue weighted by Gasteiger charge is 2.34. The standard InChI is InChI=1S/C20H22O3/c1-3-23-19(22)20(12-7-4-8-13-20)14-11-17-9-5-6-10-18(17)16(2)15-21/h4-12,14-16H,3,13H2,1-2H3. The summed E-state index contributed by atoms with van der Waals surface area (Å²) in [5, 5.41) is 0. The summed E-state index contributed by atoms with van der Waals surface area (Å²) in [6, 6.07) is 7.73. The Hall–Kier alpha value is -2.42. The molecule has 1 aromatic rings. The van der Waals surface area contributed by atoms with E-state index in [0.29, 0.717) is 13.0 Å². The van der Waals surface area contributed by atoms with Gasteiger partial charge in [-0.15, -0.1) is 0 Å². The van der Waals surface area contributed by atoms with Crippen LogP contribution in [0.4, 0.5) is 0 Å². The minimum Gasteiger partial charge on any atom is -0.465 e. The van der Waals surface area contributed by atoms with Gasteiger partial charge in [0.05, 0.1) is 6.61 Å². The first-order chi connectivity index (χ1) is 11.1. The molecule has 0 amide bonds. The van der Waals surface area contributed by atoms with Gasteiger partial charge in [-0.3, -0.25) is 4.79 Å². The monoisotopic (exact) mass is 310 g/mol. The van der Waals surface area contributed by atoms with Crippen LogP contribution in [0.25, 0.3) is 6.08 Å². The second-order valence-corrected chi connectivity index (χ2v) is 5.64. The average molecular weight is 310 g/mol. The molecule has 0 fully saturated rings. The van der Waals surface area contributed by atoms with Crippen molar-refractivity contribution in [2.75, 3.05) is 6.61 Å². The number of carbonyl (C=O) groups excluding carboxylic acids is 2. The van der Waals surface area contributed by atoms with Gasteiger partial charge in [-0.1, -0.05) is 67.6 Å². The van der Waals surface area contributed by atoms with Gasteiger partial charge >= 0.3 is 5.97 Å². The first-order valence-corrected chi connectivity index (χ1v) is 7.88. The Bertz CT molecular complexity index is 655. The lowest BCUT2D eigenvalue weighted by Crippen LogP contribution is -2.29. The maximum absolute atomic E-state index is 12.4. The minimum absolute atomic E-state index is 0.184. The third-order valence-electron chi connectivity index (χ3n) is 4.00. The highest BCUT2D eigenvalue weighted by molar-refractivity contribution is 5.84. The van der Waals surface area contributed by atoms with Crippen molar-refractivity contribution in [2.24, 2.45) is 5.41 Å². The van der Waals surface area contributed by atoms with Gasteiger partial charge in [-0.25, -0.2) is 0 Å². The molecule has 0 radical (unpaired) electrons. The van der Waals surface area contributed by atoms with Crippen molar-refractivity contribution < 1.29 is 14.3 Å². The van der Waals surface area contributed by atoms with E-state index >= 15 is 0 Å². The molecular formula is C20H22O3. The molecule has 3 heteroatoms. The Balaban J connectivity index is 2.36. The number of hydrogen-bond donors (Lipinski definition) is 0. The lowest BCUT2D eigenvalue weighted by molar-refractivity contribution is -0.149. The number of rotatable bonds is 6. The highest BCUT2D eigenvalue weighted by Crippen LogP contribution is 2.33. The molecule has 0 aliphatic heterocycles. The van der Waals surface area contributed by atoms with Crippen LogP contribution in [0.2, 0.25) is 0 Å². The molecule has 1 aliphatic rings. The van der Waals surface area contributed by atoms with Crippen LogP contribution in [0.1, 0.15) is 37.3 Å². The first-order valence-electron chi connectivity index (χ1n) is 7.88. The Morgan fingerprint density at radius 2 is 2.13 bits per heavy atom. The molecule has 3 nitrogen and oxygen atoms in total. The third-order valence-corrected chi connectivity index (χ3v) is 4.00. The normalized spacial score (nSPS) is 21.3. The topological polar surface area (TPSA) is 43.4 Å². The van der Waals surface area contributed by atoms with Crippen molar-refractivity contribution in [2.45, 2.75) is 26.2 Å². The summed E-state index contributed by atoms with van der Waals surface area (Å²) in [6.45, 7) is 4.02. The van der Waals surface area contributed by atoms with Crippen LogP contribution in [0, 0.1) is 5.41 Å². The van der Waals surface area contributed by atoms with Crippen molar-refractivity contribution in [3.63, 3.8) is 0 Å². The van der Waals surface area contributed by atoms with Gasteiger partial charge in [0.2, 0.25) is 0 Å². The van der Waals surface area contributed by atoms with E-state index in [0.717, 1.165) is 17.4 Å². The Labute approximate surface area is 137 Å². The summed E-state index contributed by atoms with van der Waals surface area (Å²) in [6.07, 6.45) is 12.9. The molecule has 0 saturated heterocycles. The number of ether oxygens (including phenoxy) is 1. The van der Waals surface area contributed by atoms with E-state index in [4.69, 9.17) is 4.74 Å². The van der Waals surface area contributed by atoms with E-state index < -0.39 is 5.41 Å². The predicted molar refractivity (Wildman–Crippen MR) is 91.9 cm³/mol. The summed E-state index contributed by atoms with van der Waals surface area (Å²) < 4.78 is 5.24. The van der Waals surface area contributed by atoms with Gasteiger partial charge in [0, 0.05) is 5.92 Å². The lowest BCUT2D eigenvalue weighted by atomic mass is 9.80. The Morgan fingerprint density at radius 1 is 1.35 bits per heavy atom. The van der Waals surface area contributed by atoms with Gasteiger partial charge in [0.1, 0.15) is 11.7 Å². The highest BCUT2D eigenvalue weighted by atomic mass is 16.5. The number of hydrogen-bond acceptors (Lipinski definition) is 3. The number of esters is 1. The van der Waals surface area contributed by atoms with E-state index in [1.165, 1.54) is 0 Å². The van der Waals surface area contributed by atoms with Crippen LogP contribution in [0.15, 0.2) is 54.6 Å². The van der Waals surface area contributed by atoms with Gasteiger partial charge in [-0.2, -0.15) is 0 Å². The first kappa shape index (κ1) is 16.9. The number of carbonyl (C=O) groups is 2. The molecule has 2 rings (SSSR count). The molecule has 0 aromatic heterocycles. The zero-order chi connectivity index (χ0) is 16.7. The van der Waals surface area contributed by atoms with E-state index in [1.807, 2.05) is 67.6 Å². The number of aldehydes is 1. The van der Waals surface area contributed by atoms with Crippen LogP contribution in [0.3, 0.4) is 0 Å². The fourth-order valence-electron chi connectivity index (χ4n) is 2.63. The van der Waals surface area contributed by atoms with E-state index in [1.54, 1.807) is 6.92 Å². The van der Waals surface area contributed by atoms with E-state index in [9.17, 15) is 9.59 Å². The van der Waals surface area contributed by atoms with Gasteiger partial charge in [0.15, 0.2) is 0 Å². The number of benzene rings is 1. The van der Waals surface area contributed by atoms with Crippen LogP contribution >= 0.6 is 0 Å². The maximum atomic E-state index is 12.4. The van der Waals surface area contributed by atoms with Crippen molar-refractivity contribution in [3.05, 3.63) is 65.8 Å². The SMILES string of the molecule is CCOC(=O)C1(C=Cc2ccccc2C(C)C=O)C=CC=CC1. The Morgan fingerprint density at radius 3 is 2.78 bits per heavy atom. The van der Waals surface area contributed by atoms with Crippen LogP contribution in [-0.2, 0) is 14.3 Å². The van der Waals surface area contributed by atoms with Crippen molar-refractivity contribution in [1.82, 2.24) is 0 Å². The van der Waals surface area contributed by atoms with Crippen molar-refractivity contribution in [3.8, 4) is 0 Å². The van der Waals surface area contributed by atoms with E-state index in [2.05, 4.69) is 0 Å². The summed E-state index contributed by atoms with van der Waals surface area (Å²) in [4.78, 5) is 23.5. The maximum Gasteiger partial charge on any atom is 0.320 e. The molecule has 0 bridgehead atoms. The smallest absolute Gasteiger partial charge is 0.320 e. The minimum atomic E-state index is -0.776. The average Bonchev–Trinajstić information content (AvgIpc) is 2.60. The molecule has 0 N–H and O–H groups in total. The summed E-state index contributed by atoms with van der Waals surface area (Å²) in [5.41, 5.74) is 1.12. The zero-order valence-corrected chi connectivity index (χ0v) is 13.6. The van der Waals surface area contributed by atoms with Crippen LogP contribution in [0.5, 0.6) is 0 Å². The largest absolute Gasteiger partial charge is 0.465 e. The second kappa shape index (κ2) is 7.73. The Kier molecular flexibility index (Phi) is 5.69. The molecule has 2 atom stereocenters. The van der Waals surface area contributed by atoms with Gasteiger partial charge < -0.3 is 9.53 Å². The van der Waals surface area contributed by atoms with E-state index in [-0.39, 0.29) is 11.9 Å². The van der Waals surface area contributed by atoms with Crippen LogP contribution < -0.4 is 0 Å². The molecule has 1 aromatic carbocycles. The quantitative estimate of drug-likeness (QED) is 0.587.